The first kappa shape index (κ1) is 12.8. The Balaban J connectivity index is 2.01. The number of nitrogens with one attached hydrogen (secondary N) is 2. The van der Waals surface area contributed by atoms with Gasteiger partial charge in [-0.3, -0.25) is 4.79 Å². The molecular weight excluding hydrogens is 244 g/mol. The van der Waals surface area contributed by atoms with E-state index in [2.05, 4.69) is 27.4 Å². The van der Waals surface area contributed by atoms with Crippen molar-refractivity contribution in [2.24, 2.45) is 0 Å². The van der Waals surface area contributed by atoms with Gasteiger partial charge in [-0.25, -0.2) is 4.98 Å². The molecule has 2 heterocycles. The number of aromatic nitrogens is 2. The maximum absolute atomic E-state index is 11.9. The Morgan fingerprint density at radius 3 is 2.95 bits per heavy atom. The van der Waals surface area contributed by atoms with Crippen LogP contribution in [0.5, 0.6) is 0 Å². The number of hydrogen-bond acceptors (Lipinski definition) is 5. The molecule has 2 aromatic rings. The summed E-state index contributed by atoms with van der Waals surface area (Å²) in [6.45, 7) is 6.00. The number of carbonyl (C=O) groups excluding carboxylic acids is 1. The fraction of sp³-hybridized carbons (Fsp3) is 0.154. The second kappa shape index (κ2) is 5.81. The van der Waals surface area contributed by atoms with E-state index in [0.29, 0.717) is 23.8 Å². The Morgan fingerprint density at radius 1 is 1.53 bits per heavy atom. The second-order valence-electron chi connectivity index (χ2n) is 3.88. The second-order valence-corrected chi connectivity index (χ2v) is 3.88. The minimum absolute atomic E-state index is 0.310. The summed E-state index contributed by atoms with van der Waals surface area (Å²) >= 11 is 0. The van der Waals surface area contributed by atoms with Crippen molar-refractivity contribution >= 4 is 17.4 Å². The van der Waals surface area contributed by atoms with Gasteiger partial charge in [-0.1, -0.05) is 11.2 Å². The zero-order valence-electron chi connectivity index (χ0n) is 10.5. The van der Waals surface area contributed by atoms with Crippen molar-refractivity contribution in [3.8, 4) is 0 Å². The quantitative estimate of drug-likeness (QED) is 0.804. The first-order valence-corrected chi connectivity index (χ1v) is 5.74. The van der Waals surface area contributed by atoms with Crippen molar-refractivity contribution in [1.82, 2.24) is 10.1 Å². The SMILES string of the molecule is C=CCNc1ccc(C(=O)Nc2cc(C)on2)nc1. The number of aryl methyl sites for hydroxylation is 1. The molecule has 2 N–H and O–H groups in total. The van der Waals surface area contributed by atoms with E-state index in [0.717, 1.165) is 5.69 Å². The standard InChI is InChI=1S/C13H14N4O2/c1-3-6-14-10-4-5-11(15-8-10)13(18)16-12-7-9(2)19-17-12/h3-5,7-8,14H,1,6H2,2H3,(H,16,17,18). The minimum atomic E-state index is -0.330. The molecule has 0 radical (unpaired) electrons. The van der Waals surface area contributed by atoms with E-state index in [1.807, 2.05) is 0 Å². The summed E-state index contributed by atoms with van der Waals surface area (Å²) in [6, 6.07) is 5.05. The molecule has 2 rings (SSSR count). The monoisotopic (exact) mass is 258 g/mol. The molecule has 0 spiro atoms. The number of amides is 1. The van der Waals surface area contributed by atoms with Crippen molar-refractivity contribution in [1.29, 1.82) is 0 Å². The molecule has 6 nitrogen and oxygen atoms in total. The number of anilines is 2. The summed E-state index contributed by atoms with van der Waals surface area (Å²) in [7, 11) is 0. The lowest BCUT2D eigenvalue weighted by molar-refractivity contribution is 0.102. The van der Waals surface area contributed by atoms with E-state index in [4.69, 9.17) is 4.52 Å². The predicted molar refractivity (Wildman–Crippen MR) is 72.1 cm³/mol. The van der Waals surface area contributed by atoms with Crippen LogP contribution in [0.25, 0.3) is 0 Å². The van der Waals surface area contributed by atoms with Gasteiger partial charge in [-0.05, 0) is 19.1 Å². The van der Waals surface area contributed by atoms with Crippen molar-refractivity contribution < 1.29 is 9.32 Å². The maximum atomic E-state index is 11.9. The lowest BCUT2D eigenvalue weighted by atomic mass is 10.3. The van der Waals surface area contributed by atoms with Crippen molar-refractivity contribution in [2.75, 3.05) is 17.2 Å². The van der Waals surface area contributed by atoms with E-state index in [-0.39, 0.29) is 5.91 Å². The molecule has 0 aromatic carbocycles. The zero-order chi connectivity index (χ0) is 13.7. The van der Waals surface area contributed by atoms with Gasteiger partial charge in [-0.2, -0.15) is 0 Å². The van der Waals surface area contributed by atoms with Gasteiger partial charge in [0.05, 0.1) is 11.9 Å². The Bertz CT molecular complexity index is 575. The molecule has 0 saturated heterocycles. The van der Waals surface area contributed by atoms with Crippen LogP contribution in [0.3, 0.4) is 0 Å². The number of pyridine rings is 1. The summed E-state index contributed by atoms with van der Waals surface area (Å²) < 4.78 is 4.86. The van der Waals surface area contributed by atoms with Crippen molar-refractivity contribution in [3.05, 3.63) is 48.5 Å². The van der Waals surface area contributed by atoms with Crippen LogP contribution < -0.4 is 10.6 Å². The van der Waals surface area contributed by atoms with Gasteiger partial charge in [0.15, 0.2) is 5.82 Å². The van der Waals surface area contributed by atoms with Gasteiger partial charge >= 0.3 is 0 Å². The van der Waals surface area contributed by atoms with Crippen LogP contribution in [-0.4, -0.2) is 22.6 Å². The van der Waals surface area contributed by atoms with Crippen LogP contribution in [0, 0.1) is 6.92 Å². The maximum Gasteiger partial charge on any atom is 0.275 e. The Morgan fingerprint density at radius 2 is 2.37 bits per heavy atom. The molecular formula is C13H14N4O2. The predicted octanol–water partition coefficient (Wildman–Crippen LogP) is 2.23. The first-order valence-electron chi connectivity index (χ1n) is 5.74. The zero-order valence-corrected chi connectivity index (χ0v) is 10.5. The van der Waals surface area contributed by atoms with E-state index in [9.17, 15) is 4.79 Å². The topological polar surface area (TPSA) is 80.0 Å². The molecule has 0 aliphatic heterocycles. The van der Waals surface area contributed by atoms with Gasteiger partial charge < -0.3 is 15.2 Å². The van der Waals surface area contributed by atoms with Gasteiger partial charge in [0.2, 0.25) is 0 Å². The summed E-state index contributed by atoms with van der Waals surface area (Å²) in [6.07, 6.45) is 3.33. The summed E-state index contributed by atoms with van der Waals surface area (Å²) in [5.41, 5.74) is 1.14. The van der Waals surface area contributed by atoms with Gasteiger partial charge in [-0.15, -0.1) is 6.58 Å². The summed E-state index contributed by atoms with van der Waals surface area (Å²) in [4.78, 5) is 15.9. The molecule has 6 heteroatoms. The van der Waals surface area contributed by atoms with Crippen LogP contribution in [-0.2, 0) is 0 Å². The van der Waals surface area contributed by atoms with Gasteiger partial charge in [0.25, 0.3) is 5.91 Å². The third-order valence-electron chi connectivity index (χ3n) is 2.32. The molecule has 0 aliphatic rings. The highest BCUT2D eigenvalue weighted by Gasteiger charge is 2.09. The minimum Gasteiger partial charge on any atom is -0.380 e. The summed E-state index contributed by atoms with van der Waals surface area (Å²) in [5, 5.41) is 9.35. The number of carbonyl (C=O) groups is 1. The molecule has 0 aliphatic carbocycles. The van der Waals surface area contributed by atoms with Crippen LogP contribution in [0.1, 0.15) is 16.2 Å². The lowest BCUT2D eigenvalue weighted by Crippen LogP contribution is -2.14. The normalized spacial score (nSPS) is 9.95. The van der Waals surface area contributed by atoms with Crippen molar-refractivity contribution in [3.63, 3.8) is 0 Å². The summed E-state index contributed by atoms with van der Waals surface area (Å²) in [5.74, 6) is 0.675. The number of hydrogen-bond donors (Lipinski definition) is 2. The van der Waals surface area contributed by atoms with Gasteiger partial charge in [0.1, 0.15) is 11.5 Å². The van der Waals surface area contributed by atoms with Crippen molar-refractivity contribution in [2.45, 2.75) is 6.92 Å². The Kier molecular flexibility index (Phi) is 3.92. The largest absolute Gasteiger partial charge is 0.380 e. The van der Waals surface area contributed by atoms with E-state index in [1.165, 1.54) is 0 Å². The fourth-order valence-corrected chi connectivity index (χ4v) is 1.43. The average Bonchev–Trinajstić information content (AvgIpc) is 2.82. The third kappa shape index (κ3) is 3.41. The highest BCUT2D eigenvalue weighted by molar-refractivity contribution is 6.02. The Labute approximate surface area is 110 Å². The van der Waals surface area contributed by atoms with Crippen LogP contribution in [0.4, 0.5) is 11.5 Å². The van der Waals surface area contributed by atoms with Gasteiger partial charge in [0, 0.05) is 12.6 Å². The fourth-order valence-electron chi connectivity index (χ4n) is 1.43. The van der Waals surface area contributed by atoms with E-state index >= 15 is 0 Å². The molecule has 0 atom stereocenters. The molecule has 0 saturated carbocycles. The van der Waals surface area contributed by atoms with Crippen LogP contribution in [0.2, 0.25) is 0 Å². The molecule has 98 valence electrons. The van der Waals surface area contributed by atoms with Crippen LogP contribution in [0.15, 0.2) is 41.6 Å². The molecule has 1 amide bonds. The van der Waals surface area contributed by atoms with Crippen LogP contribution >= 0.6 is 0 Å². The highest BCUT2D eigenvalue weighted by Crippen LogP contribution is 2.10. The van der Waals surface area contributed by atoms with E-state index in [1.54, 1.807) is 37.4 Å². The lowest BCUT2D eigenvalue weighted by Gasteiger charge is -2.04. The molecule has 2 aromatic heterocycles. The number of rotatable bonds is 5. The highest BCUT2D eigenvalue weighted by atomic mass is 16.5. The smallest absolute Gasteiger partial charge is 0.275 e. The van der Waals surface area contributed by atoms with E-state index < -0.39 is 0 Å². The third-order valence-corrected chi connectivity index (χ3v) is 2.32. The molecule has 0 bridgehead atoms. The Hall–Kier alpha value is -2.63. The molecule has 19 heavy (non-hydrogen) atoms. The number of nitrogens with zero attached hydrogens (tertiary/aromatic N) is 2. The first-order chi connectivity index (χ1) is 9.19. The molecule has 0 unspecified atom stereocenters. The average molecular weight is 258 g/mol. The molecule has 0 fully saturated rings.